The highest BCUT2D eigenvalue weighted by atomic mass is 32.2. The first-order valence-corrected chi connectivity index (χ1v) is 6.03. The number of halogens is 2. The zero-order chi connectivity index (χ0) is 13.8. The smallest absolute Gasteiger partial charge is 0.355 e. The van der Waals surface area contributed by atoms with Gasteiger partial charge in [-0.15, -0.1) is 0 Å². The molecule has 0 saturated heterocycles. The second-order valence-corrected chi connectivity index (χ2v) is 4.70. The number of hydrogen-bond donors (Lipinski definition) is 2. The highest BCUT2D eigenvalue weighted by Gasteiger charge is 2.24. The van der Waals surface area contributed by atoms with E-state index in [0.29, 0.717) is 5.56 Å². The molecular formula is C9H8F2N2O4S. The molecule has 0 aliphatic rings. The average molecular weight is 278 g/mol. The van der Waals surface area contributed by atoms with E-state index in [0.717, 1.165) is 18.3 Å². The van der Waals surface area contributed by atoms with Gasteiger partial charge in [-0.05, 0) is 23.8 Å². The molecule has 1 heterocycles. The van der Waals surface area contributed by atoms with E-state index in [1.165, 1.54) is 12.1 Å². The Morgan fingerprint density at radius 3 is 2.72 bits per heavy atom. The van der Waals surface area contributed by atoms with Crippen molar-refractivity contribution < 1.29 is 27.1 Å². The van der Waals surface area contributed by atoms with Crippen LogP contribution in [0.2, 0.25) is 0 Å². The van der Waals surface area contributed by atoms with Crippen LogP contribution >= 0.6 is 0 Å². The number of carboxylic acids is 1. The molecule has 0 aliphatic heterocycles. The molecule has 98 valence electrons. The first kappa shape index (κ1) is 14.0. The number of carbonyl (C=O) groups is 1. The molecule has 0 saturated carbocycles. The Morgan fingerprint density at radius 1 is 1.50 bits per heavy atom. The molecule has 1 rings (SSSR count). The van der Waals surface area contributed by atoms with Crippen molar-refractivity contribution in [2.24, 2.45) is 0 Å². The number of pyridine rings is 1. The Kier molecular flexibility index (Phi) is 4.32. The van der Waals surface area contributed by atoms with Gasteiger partial charge in [0.1, 0.15) is 5.82 Å². The quantitative estimate of drug-likeness (QED) is 0.787. The summed E-state index contributed by atoms with van der Waals surface area (Å²) in [4.78, 5) is 13.8. The van der Waals surface area contributed by atoms with Crippen molar-refractivity contribution in [3.05, 3.63) is 30.0 Å². The van der Waals surface area contributed by atoms with E-state index in [1.54, 1.807) is 4.72 Å². The summed E-state index contributed by atoms with van der Waals surface area (Å²) in [6.45, 7) is 0. The van der Waals surface area contributed by atoms with Crippen LogP contribution in [0.3, 0.4) is 0 Å². The van der Waals surface area contributed by atoms with Crippen molar-refractivity contribution in [2.45, 2.75) is 5.76 Å². The molecule has 0 radical (unpaired) electrons. The maximum atomic E-state index is 12.1. The van der Waals surface area contributed by atoms with E-state index in [-0.39, 0.29) is 5.82 Å². The summed E-state index contributed by atoms with van der Waals surface area (Å²) in [6, 6.07) is 2.51. The van der Waals surface area contributed by atoms with Crippen LogP contribution in [-0.2, 0) is 14.8 Å². The van der Waals surface area contributed by atoms with Gasteiger partial charge in [-0.1, -0.05) is 0 Å². The Hall–Kier alpha value is -2.03. The van der Waals surface area contributed by atoms with Gasteiger partial charge in [-0.25, -0.2) is 18.2 Å². The van der Waals surface area contributed by atoms with Crippen LogP contribution in [0, 0.1) is 0 Å². The summed E-state index contributed by atoms with van der Waals surface area (Å²) in [5.74, 6) is -5.08. The van der Waals surface area contributed by atoms with Gasteiger partial charge in [0.05, 0.1) is 0 Å². The van der Waals surface area contributed by atoms with Crippen LogP contribution < -0.4 is 4.72 Å². The molecule has 0 unspecified atom stereocenters. The number of carboxylic acid groups (broad SMARTS) is 1. The van der Waals surface area contributed by atoms with Gasteiger partial charge in [-0.3, -0.25) is 4.72 Å². The van der Waals surface area contributed by atoms with Gasteiger partial charge in [0, 0.05) is 12.3 Å². The van der Waals surface area contributed by atoms with Crippen molar-refractivity contribution in [1.82, 2.24) is 4.98 Å². The summed E-state index contributed by atoms with van der Waals surface area (Å²) in [5, 5.41) is 8.39. The van der Waals surface area contributed by atoms with Gasteiger partial charge in [0.2, 0.25) is 0 Å². The molecule has 0 fully saturated rings. The molecule has 0 amide bonds. The maximum absolute atomic E-state index is 12.1. The predicted octanol–water partition coefficient (Wildman–Crippen LogP) is 1.14. The zero-order valence-corrected chi connectivity index (χ0v) is 9.56. The Balaban J connectivity index is 2.93. The van der Waals surface area contributed by atoms with Gasteiger partial charge in [-0.2, -0.15) is 8.78 Å². The van der Waals surface area contributed by atoms with Crippen molar-refractivity contribution in [1.29, 1.82) is 0 Å². The number of nitrogens with zero attached hydrogens (tertiary/aromatic N) is 1. The molecule has 0 spiro atoms. The molecular weight excluding hydrogens is 270 g/mol. The minimum absolute atomic E-state index is 0.305. The summed E-state index contributed by atoms with van der Waals surface area (Å²) in [6.07, 6.45) is 3.15. The van der Waals surface area contributed by atoms with E-state index >= 15 is 0 Å². The van der Waals surface area contributed by atoms with Gasteiger partial charge >= 0.3 is 11.7 Å². The lowest BCUT2D eigenvalue weighted by Gasteiger charge is -2.06. The minimum Gasteiger partial charge on any atom is -0.478 e. The third-order valence-corrected chi connectivity index (χ3v) is 2.65. The topological polar surface area (TPSA) is 96.4 Å². The molecule has 1 aromatic heterocycles. The fraction of sp³-hybridized carbons (Fsp3) is 0.111. The van der Waals surface area contributed by atoms with Crippen LogP contribution in [0.5, 0.6) is 0 Å². The monoisotopic (exact) mass is 278 g/mol. The molecule has 0 aromatic carbocycles. The number of aliphatic carboxylic acids is 1. The van der Waals surface area contributed by atoms with Crippen molar-refractivity contribution in [3.63, 3.8) is 0 Å². The van der Waals surface area contributed by atoms with Crippen LogP contribution in [0.1, 0.15) is 5.56 Å². The number of sulfonamides is 1. The van der Waals surface area contributed by atoms with Crippen LogP contribution in [-0.4, -0.2) is 30.2 Å². The third kappa shape index (κ3) is 4.09. The number of anilines is 1. The molecule has 1 aromatic rings. The largest absolute Gasteiger partial charge is 0.478 e. The lowest BCUT2D eigenvalue weighted by atomic mass is 10.2. The molecule has 6 nitrogen and oxygen atoms in total. The van der Waals surface area contributed by atoms with E-state index in [1.807, 2.05) is 0 Å². The highest BCUT2D eigenvalue weighted by molar-refractivity contribution is 7.92. The van der Waals surface area contributed by atoms with Crippen LogP contribution in [0.15, 0.2) is 24.4 Å². The molecule has 0 bridgehead atoms. The SMILES string of the molecule is O=C(O)/C=C/c1ccnc(NS(=O)(=O)C(F)F)c1. The lowest BCUT2D eigenvalue weighted by molar-refractivity contribution is -0.131. The Morgan fingerprint density at radius 2 is 2.17 bits per heavy atom. The molecule has 18 heavy (non-hydrogen) atoms. The molecule has 2 N–H and O–H groups in total. The normalized spacial score (nSPS) is 11.9. The van der Waals surface area contributed by atoms with E-state index in [2.05, 4.69) is 4.98 Å². The summed E-state index contributed by atoms with van der Waals surface area (Å²) >= 11 is 0. The number of rotatable bonds is 5. The number of hydrogen-bond acceptors (Lipinski definition) is 4. The average Bonchev–Trinajstić information content (AvgIpc) is 2.26. The molecule has 0 aliphatic carbocycles. The second-order valence-electron chi connectivity index (χ2n) is 3.05. The number of alkyl halides is 2. The van der Waals surface area contributed by atoms with Crippen molar-refractivity contribution in [3.8, 4) is 0 Å². The second kappa shape index (κ2) is 5.54. The van der Waals surface area contributed by atoms with Gasteiger partial charge < -0.3 is 5.11 Å². The van der Waals surface area contributed by atoms with Crippen LogP contribution in [0.25, 0.3) is 6.08 Å². The zero-order valence-electron chi connectivity index (χ0n) is 8.75. The van der Waals surface area contributed by atoms with E-state index in [9.17, 15) is 22.0 Å². The standard InChI is InChI=1S/C9H8F2N2O4S/c10-9(11)18(16,17)13-7-5-6(3-4-12-7)1-2-8(14)15/h1-5,9H,(H,12,13)(H,14,15)/b2-1+. The Labute approximate surface area is 101 Å². The first-order chi connectivity index (χ1) is 8.31. The maximum Gasteiger partial charge on any atom is 0.355 e. The fourth-order valence-electron chi connectivity index (χ4n) is 0.964. The third-order valence-electron chi connectivity index (χ3n) is 1.68. The predicted molar refractivity (Wildman–Crippen MR) is 59.5 cm³/mol. The van der Waals surface area contributed by atoms with Crippen molar-refractivity contribution in [2.75, 3.05) is 4.72 Å². The van der Waals surface area contributed by atoms with E-state index < -0.39 is 21.8 Å². The van der Waals surface area contributed by atoms with Gasteiger partial charge in [0.15, 0.2) is 0 Å². The van der Waals surface area contributed by atoms with Gasteiger partial charge in [0.25, 0.3) is 10.0 Å². The summed E-state index contributed by atoms with van der Waals surface area (Å²) < 4.78 is 47.5. The molecule has 0 atom stereocenters. The molecule has 9 heteroatoms. The first-order valence-electron chi connectivity index (χ1n) is 4.48. The lowest BCUT2D eigenvalue weighted by Crippen LogP contribution is -2.21. The summed E-state index contributed by atoms with van der Waals surface area (Å²) in [5.41, 5.74) is 0.305. The number of aromatic nitrogens is 1. The van der Waals surface area contributed by atoms with Crippen LogP contribution in [0.4, 0.5) is 14.6 Å². The highest BCUT2D eigenvalue weighted by Crippen LogP contribution is 2.13. The van der Waals surface area contributed by atoms with E-state index in [4.69, 9.17) is 5.11 Å². The minimum atomic E-state index is -4.79. The summed E-state index contributed by atoms with van der Waals surface area (Å²) in [7, 11) is -4.79. The van der Waals surface area contributed by atoms with Crippen molar-refractivity contribution >= 4 is 27.9 Å². The number of nitrogens with one attached hydrogen (secondary N) is 1. The fourth-order valence-corrected chi connectivity index (χ4v) is 1.46. The Bertz CT molecular complexity index is 572.